The van der Waals surface area contributed by atoms with Gasteiger partial charge >= 0.3 is 0 Å². The van der Waals surface area contributed by atoms with Gasteiger partial charge in [0, 0.05) is 5.56 Å². The van der Waals surface area contributed by atoms with Gasteiger partial charge in [-0.2, -0.15) is 0 Å². The van der Waals surface area contributed by atoms with E-state index in [-0.39, 0.29) is 17.3 Å². The molecule has 3 aliphatic rings. The van der Waals surface area contributed by atoms with E-state index in [1.54, 1.807) is 6.21 Å². The maximum absolute atomic E-state index is 10.6. The summed E-state index contributed by atoms with van der Waals surface area (Å²) in [6.07, 6.45) is 7.96. The summed E-state index contributed by atoms with van der Waals surface area (Å²) in [7, 11) is 0. The minimum atomic E-state index is -0.144. The van der Waals surface area contributed by atoms with E-state index in [0.29, 0.717) is 24.4 Å². The number of nitrogens with zero attached hydrogens (tertiary/aromatic N) is 1. The molecule has 0 aromatic heterocycles. The summed E-state index contributed by atoms with van der Waals surface area (Å²) in [4.78, 5) is 5.44. The second-order valence-corrected chi connectivity index (χ2v) is 9.66. The molecule has 0 spiro atoms. The number of aliphatic hydroxyl groups excluding tert-OH is 1. The Kier molecular flexibility index (Phi) is 5.06. The van der Waals surface area contributed by atoms with Crippen molar-refractivity contribution in [2.24, 2.45) is 22.4 Å². The smallest absolute Gasteiger partial charge is 0.142 e. The number of benzene rings is 2. The molecule has 0 unspecified atom stereocenters. The second-order valence-electron chi connectivity index (χ2n) is 9.66. The van der Waals surface area contributed by atoms with Gasteiger partial charge in [-0.1, -0.05) is 42.4 Å². The molecular weight excluding hydrogens is 374 g/mol. The summed E-state index contributed by atoms with van der Waals surface area (Å²) in [5.74, 6) is 2.04. The molecule has 4 nitrogen and oxygen atoms in total. The van der Waals surface area contributed by atoms with E-state index in [0.717, 1.165) is 49.7 Å². The van der Waals surface area contributed by atoms with E-state index in [9.17, 15) is 10.2 Å². The fourth-order valence-electron chi connectivity index (χ4n) is 6.48. The largest absolute Gasteiger partial charge is 0.507 e. The highest BCUT2D eigenvalue weighted by Gasteiger charge is 2.54. The molecule has 30 heavy (non-hydrogen) atoms. The maximum Gasteiger partial charge on any atom is 0.142 e. The van der Waals surface area contributed by atoms with Gasteiger partial charge in [-0.25, -0.2) is 0 Å². The Morgan fingerprint density at radius 3 is 2.80 bits per heavy atom. The lowest BCUT2D eigenvalue weighted by molar-refractivity contribution is -0.0226. The van der Waals surface area contributed by atoms with Gasteiger partial charge < -0.3 is 15.1 Å². The van der Waals surface area contributed by atoms with E-state index in [4.69, 9.17) is 4.84 Å². The fraction of sp³-hybridized carbons (Fsp3) is 0.500. The standard InChI is InChI=1S/C26H31NO3/c1-26-12-11-20-21(23(26)9-10-25(26)29)8-7-18-14-24(28)19(13-22(18)20)15-27-30-16-17-5-3-2-4-6-17/h2-6,13-15,20-21,23,25,28-29H,7-12,16H2,1H3/t20-,21+,23-,25+,26-/m0/s1. The number of aliphatic hydroxyl groups is 1. The highest BCUT2D eigenvalue weighted by atomic mass is 16.6. The number of phenols is 1. The van der Waals surface area contributed by atoms with Crippen molar-refractivity contribution in [3.63, 3.8) is 0 Å². The van der Waals surface area contributed by atoms with Gasteiger partial charge in [0.2, 0.25) is 0 Å². The molecule has 2 aromatic carbocycles. The number of oxime groups is 1. The lowest BCUT2D eigenvalue weighted by atomic mass is 9.55. The van der Waals surface area contributed by atoms with E-state index in [1.165, 1.54) is 11.1 Å². The predicted octanol–water partition coefficient (Wildman–Crippen LogP) is 5.16. The Morgan fingerprint density at radius 2 is 1.97 bits per heavy atom. The van der Waals surface area contributed by atoms with Crippen LogP contribution >= 0.6 is 0 Å². The van der Waals surface area contributed by atoms with Crippen molar-refractivity contribution in [2.75, 3.05) is 0 Å². The Balaban J connectivity index is 1.35. The van der Waals surface area contributed by atoms with E-state index in [2.05, 4.69) is 18.1 Å². The van der Waals surface area contributed by atoms with Gasteiger partial charge in [0.15, 0.2) is 0 Å². The zero-order valence-corrected chi connectivity index (χ0v) is 17.6. The van der Waals surface area contributed by atoms with Crippen LogP contribution in [0.2, 0.25) is 0 Å². The second kappa shape index (κ2) is 7.73. The predicted molar refractivity (Wildman–Crippen MR) is 118 cm³/mol. The third-order valence-corrected chi connectivity index (χ3v) is 8.16. The van der Waals surface area contributed by atoms with Gasteiger partial charge in [-0.15, -0.1) is 0 Å². The molecule has 0 bridgehead atoms. The normalized spacial score (nSPS) is 32.5. The summed E-state index contributed by atoms with van der Waals surface area (Å²) in [5.41, 5.74) is 4.53. The molecule has 0 aliphatic heterocycles. The number of aryl methyl sites for hydroxylation is 1. The van der Waals surface area contributed by atoms with Crippen LogP contribution in [0.5, 0.6) is 5.75 Å². The summed E-state index contributed by atoms with van der Waals surface area (Å²) < 4.78 is 0. The summed E-state index contributed by atoms with van der Waals surface area (Å²) in [6, 6.07) is 14.0. The molecule has 2 saturated carbocycles. The molecule has 0 heterocycles. The Labute approximate surface area is 178 Å². The van der Waals surface area contributed by atoms with Crippen molar-refractivity contribution < 1.29 is 15.1 Å². The molecule has 0 radical (unpaired) electrons. The molecule has 158 valence electrons. The van der Waals surface area contributed by atoms with Crippen molar-refractivity contribution in [3.05, 3.63) is 64.7 Å². The SMILES string of the molecule is C[C@]12CC[C@@H]3c4cc(C=NOCc5ccccc5)c(O)cc4CC[C@H]3[C@@H]1CC[C@H]2O. The third kappa shape index (κ3) is 3.31. The Morgan fingerprint density at radius 1 is 1.13 bits per heavy atom. The molecule has 3 aliphatic carbocycles. The van der Waals surface area contributed by atoms with Crippen LogP contribution in [0.1, 0.15) is 67.2 Å². The molecule has 2 fully saturated rings. The Bertz CT molecular complexity index is 941. The average molecular weight is 406 g/mol. The first-order valence-corrected chi connectivity index (χ1v) is 11.3. The monoisotopic (exact) mass is 405 g/mol. The van der Waals surface area contributed by atoms with Crippen molar-refractivity contribution in [2.45, 2.75) is 64.1 Å². The van der Waals surface area contributed by atoms with Gasteiger partial charge in [0.05, 0.1) is 12.3 Å². The van der Waals surface area contributed by atoms with Gasteiger partial charge in [0.25, 0.3) is 0 Å². The number of rotatable bonds is 4. The number of fused-ring (bicyclic) bond motifs is 5. The summed E-state index contributed by atoms with van der Waals surface area (Å²) in [5, 5.41) is 25.2. The molecule has 4 heteroatoms. The summed E-state index contributed by atoms with van der Waals surface area (Å²) >= 11 is 0. The van der Waals surface area contributed by atoms with Gasteiger partial charge in [0.1, 0.15) is 12.4 Å². The zero-order valence-electron chi connectivity index (χ0n) is 17.6. The number of hydrogen-bond donors (Lipinski definition) is 2. The van der Waals surface area contributed by atoms with Gasteiger partial charge in [-0.3, -0.25) is 0 Å². The molecule has 0 amide bonds. The van der Waals surface area contributed by atoms with E-state index in [1.807, 2.05) is 36.4 Å². The molecule has 0 saturated heterocycles. The van der Waals surface area contributed by atoms with Crippen LogP contribution in [-0.2, 0) is 17.9 Å². The Hall–Kier alpha value is -2.33. The lowest BCUT2D eigenvalue weighted by Crippen LogP contribution is -2.43. The van der Waals surface area contributed by atoms with Crippen LogP contribution < -0.4 is 0 Å². The van der Waals surface area contributed by atoms with Crippen molar-refractivity contribution in [1.29, 1.82) is 0 Å². The molecule has 2 N–H and O–H groups in total. The van der Waals surface area contributed by atoms with Crippen LogP contribution in [0.4, 0.5) is 0 Å². The van der Waals surface area contributed by atoms with Crippen LogP contribution in [-0.4, -0.2) is 22.5 Å². The zero-order chi connectivity index (χ0) is 20.7. The minimum Gasteiger partial charge on any atom is -0.507 e. The number of aromatic hydroxyl groups is 1. The van der Waals surface area contributed by atoms with Gasteiger partial charge in [-0.05, 0) is 90.5 Å². The molecule has 5 atom stereocenters. The topological polar surface area (TPSA) is 62.0 Å². The first kappa shape index (κ1) is 19.6. The van der Waals surface area contributed by atoms with Crippen molar-refractivity contribution in [1.82, 2.24) is 0 Å². The summed E-state index contributed by atoms with van der Waals surface area (Å²) in [6.45, 7) is 2.72. The first-order chi connectivity index (χ1) is 14.6. The maximum atomic E-state index is 10.6. The fourth-order valence-corrected chi connectivity index (χ4v) is 6.48. The van der Waals surface area contributed by atoms with Crippen LogP contribution in [0.25, 0.3) is 0 Å². The number of phenolic OH excluding ortho intramolecular Hbond substituents is 1. The molecular formula is C26H31NO3. The van der Waals surface area contributed by atoms with Crippen LogP contribution in [0.15, 0.2) is 47.6 Å². The third-order valence-electron chi connectivity index (χ3n) is 8.16. The molecule has 2 aromatic rings. The van der Waals surface area contributed by atoms with Crippen molar-refractivity contribution in [3.8, 4) is 5.75 Å². The number of hydrogen-bond acceptors (Lipinski definition) is 4. The minimum absolute atomic E-state index is 0.0884. The van der Waals surface area contributed by atoms with E-state index < -0.39 is 0 Å². The van der Waals surface area contributed by atoms with Crippen LogP contribution in [0, 0.1) is 17.3 Å². The lowest BCUT2D eigenvalue weighted by Gasteiger charge is -2.50. The highest BCUT2D eigenvalue weighted by molar-refractivity contribution is 5.83. The molecule has 5 rings (SSSR count). The quantitative estimate of drug-likeness (QED) is 0.546. The van der Waals surface area contributed by atoms with Crippen molar-refractivity contribution >= 4 is 6.21 Å². The van der Waals surface area contributed by atoms with Crippen LogP contribution in [0.3, 0.4) is 0 Å². The highest BCUT2D eigenvalue weighted by Crippen LogP contribution is 2.61. The van der Waals surface area contributed by atoms with E-state index >= 15 is 0 Å². The first-order valence-electron chi connectivity index (χ1n) is 11.3. The average Bonchev–Trinajstić information content (AvgIpc) is 3.06.